The molecular formula is C22H22. The van der Waals surface area contributed by atoms with Gasteiger partial charge in [0.2, 0.25) is 0 Å². The Kier molecular flexibility index (Phi) is 3.85. The average molecular weight is 286 g/mol. The Bertz CT molecular complexity index is 867. The van der Waals surface area contributed by atoms with E-state index in [0.29, 0.717) is 0 Å². The molecule has 0 nitrogen and oxygen atoms in total. The Balaban J connectivity index is 2.47. The number of rotatable bonds is 2. The van der Waals surface area contributed by atoms with Crippen molar-refractivity contribution < 1.29 is 0 Å². The van der Waals surface area contributed by atoms with Crippen LogP contribution in [0.1, 0.15) is 29.2 Å². The summed E-state index contributed by atoms with van der Waals surface area (Å²) >= 11 is 0. The van der Waals surface area contributed by atoms with Crippen molar-refractivity contribution >= 4 is 16.8 Å². The monoisotopic (exact) mass is 286 g/mol. The number of hydrogen-bond donors (Lipinski definition) is 0. The van der Waals surface area contributed by atoms with E-state index < -0.39 is 0 Å². The van der Waals surface area contributed by atoms with Gasteiger partial charge in [0.05, 0.1) is 0 Å². The molecule has 110 valence electrons. The number of hydrogen-bond acceptors (Lipinski definition) is 0. The molecule has 0 aliphatic rings. The first-order valence-corrected chi connectivity index (χ1v) is 7.85. The highest BCUT2D eigenvalue weighted by Gasteiger charge is 2.14. The van der Waals surface area contributed by atoms with Crippen molar-refractivity contribution in [3.05, 3.63) is 76.9 Å². The first-order valence-electron chi connectivity index (χ1n) is 7.85. The third-order valence-electron chi connectivity index (χ3n) is 4.39. The lowest BCUT2D eigenvalue weighted by Gasteiger charge is -2.18. The van der Waals surface area contributed by atoms with E-state index >= 15 is 0 Å². The highest BCUT2D eigenvalue weighted by Crippen LogP contribution is 2.37. The second-order valence-electron chi connectivity index (χ2n) is 5.97. The molecule has 0 radical (unpaired) electrons. The van der Waals surface area contributed by atoms with Crippen molar-refractivity contribution in [1.82, 2.24) is 0 Å². The lowest BCUT2D eigenvalue weighted by Crippen LogP contribution is -1.95. The van der Waals surface area contributed by atoms with Gasteiger partial charge in [-0.25, -0.2) is 0 Å². The predicted octanol–water partition coefficient (Wildman–Crippen LogP) is 6.47. The summed E-state index contributed by atoms with van der Waals surface area (Å²) in [5.74, 6) is 0. The van der Waals surface area contributed by atoms with Crippen LogP contribution in [0.15, 0.2) is 54.6 Å². The summed E-state index contributed by atoms with van der Waals surface area (Å²) in [6.45, 7) is 8.70. The van der Waals surface area contributed by atoms with Gasteiger partial charge in [-0.05, 0) is 71.8 Å². The molecule has 0 saturated carbocycles. The van der Waals surface area contributed by atoms with Crippen LogP contribution in [0.5, 0.6) is 0 Å². The van der Waals surface area contributed by atoms with Crippen molar-refractivity contribution in [2.24, 2.45) is 0 Å². The van der Waals surface area contributed by atoms with Gasteiger partial charge >= 0.3 is 0 Å². The second kappa shape index (κ2) is 5.81. The minimum atomic E-state index is 1.30. The Labute approximate surface area is 133 Å². The number of aryl methyl sites for hydroxylation is 3. The largest absolute Gasteiger partial charge is 0.0870 e. The Morgan fingerprint density at radius 1 is 0.682 bits per heavy atom. The maximum Gasteiger partial charge on any atom is -0.00673 e. The van der Waals surface area contributed by atoms with Crippen molar-refractivity contribution in [1.29, 1.82) is 0 Å². The van der Waals surface area contributed by atoms with Crippen LogP contribution in [0.2, 0.25) is 0 Å². The van der Waals surface area contributed by atoms with Crippen molar-refractivity contribution in [2.75, 3.05) is 0 Å². The lowest BCUT2D eigenvalue weighted by atomic mass is 9.86. The predicted molar refractivity (Wildman–Crippen MR) is 98.3 cm³/mol. The maximum atomic E-state index is 2.24. The zero-order valence-electron chi connectivity index (χ0n) is 13.8. The highest BCUT2D eigenvalue weighted by atomic mass is 14.2. The van der Waals surface area contributed by atoms with Crippen molar-refractivity contribution in [3.8, 4) is 11.1 Å². The van der Waals surface area contributed by atoms with Crippen molar-refractivity contribution in [2.45, 2.75) is 27.7 Å². The van der Waals surface area contributed by atoms with E-state index in [1.807, 2.05) is 0 Å². The molecule has 0 fully saturated rings. The van der Waals surface area contributed by atoms with E-state index in [2.05, 4.69) is 88.4 Å². The molecule has 0 saturated heterocycles. The fourth-order valence-electron chi connectivity index (χ4n) is 3.26. The second-order valence-corrected chi connectivity index (χ2v) is 5.97. The van der Waals surface area contributed by atoms with E-state index in [4.69, 9.17) is 0 Å². The molecular weight excluding hydrogens is 264 g/mol. The van der Waals surface area contributed by atoms with Gasteiger partial charge in [0.1, 0.15) is 0 Å². The smallest absolute Gasteiger partial charge is 0.00673 e. The molecule has 0 heteroatoms. The van der Waals surface area contributed by atoms with Gasteiger partial charge in [0, 0.05) is 0 Å². The molecule has 0 N–H and O–H groups in total. The van der Waals surface area contributed by atoms with Gasteiger partial charge < -0.3 is 0 Å². The zero-order valence-corrected chi connectivity index (χ0v) is 13.8. The van der Waals surface area contributed by atoms with Crippen LogP contribution < -0.4 is 0 Å². The summed E-state index contributed by atoms with van der Waals surface area (Å²) in [5, 5.41) is 2.64. The molecule has 0 heterocycles. The molecule has 3 rings (SSSR count). The molecule has 0 aromatic heterocycles. The fraction of sp³-hybridized carbons (Fsp3) is 0.182. The van der Waals surface area contributed by atoms with Crippen LogP contribution in [-0.2, 0) is 0 Å². The highest BCUT2D eigenvalue weighted by molar-refractivity contribution is 6.01. The van der Waals surface area contributed by atoms with Gasteiger partial charge in [0.15, 0.2) is 0 Å². The Morgan fingerprint density at radius 2 is 1.32 bits per heavy atom. The van der Waals surface area contributed by atoms with Crippen LogP contribution >= 0.6 is 0 Å². The molecule has 0 aliphatic heterocycles. The number of fused-ring (bicyclic) bond motifs is 1. The van der Waals surface area contributed by atoms with Gasteiger partial charge in [-0.1, -0.05) is 60.7 Å². The summed E-state index contributed by atoms with van der Waals surface area (Å²) in [6, 6.07) is 17.6. The van der Waals surface area contributed by atoms with Gasteiger partial charge in [-0.3, -0.25) is 0 Å². The van der Waals surface area contributed by atoms with E-state index in [9.17, 15) is 0 Å². The molecule has 0 unspecified atom stereocenters. The summed E-state index contributed by atoms with van der Waals surface area (Å²) in [5.41, 5.74) is 8.06. The third kappa shape index (κ3) is 2.35. The maximum absolute atomic E-state index is 2.24. The van der Waals surface area contributed by atoms with E-state index in [1.54, 1.807) is 0 Å². The standard InChI is InChI=1S/C22H22/c1-5-8-19-15(2)11-12-16(3)21(19)22-17(4)13-14-18-9-6-7-10-20(18)22/h5-14H,1-4H3/b8-5-. The average Bonchev–Trinajstić information content (AvgIpc) is 2.52. The first kappa shape index (κ1) is 14.6. The SMILES string of the molecule is C/C=C\c1c(C)ccc(C)c1-c1c(C)ccc2ccccc12. The van der Waals surface area contributed by atoms with Crippen LogP contribution in [0.3, 0.4) is 0 Å². The molecule has 0 spiro atoms. The summed E-state index contributed by atoms with van der Waals surface area (Å²) < 4.78 is 0. The first-order chi connectivity index (χ1) is 10.6. The lowest BCUT2D eigenvalue weighted by molar-refractivity contribution is 1.36. The topological polar surface area (TPSA) is 0 Å². The van der Waals surface area contributed by atoms with Crippen LogP contribution in [-0.4, -0.2) is 0 Å². The molecule has 0 atom stereocenters. The van der Waals surface area contributed by atoms with Gasteiger partial charge in [0.25, 0.3) is 0 Å². The summed E-state index contributed by atoms with van der Waals surface area (Å²) in [6.07, 6.45) is 4.37. The number of benzene rings is 3. The third-order valence-corrected chi connectivity index (χ3v) is 4.39. The number of allylic oxidation sites excluding steroid dienone is 1. The van der Waals surface area contributed by atoms with E-state index in [-0.39, 0.29) is 0 Å². The summed E-state index contributed by atoms with van der Waals surface area (Å²) in [7, 11) is 0. The molecule has 0 amide bonds. The van der Waals surface area contributed by atoms with Crippen LogP contribution in [0, 0.1) is 20.8 Å². The fourth-order valence-corrected chi connectivity index (χ4v) is 3.26. The molecule has 0 aliphatic carbocycles. The van der Waals surface area contributed by atoms with Crippen molar-refractivity contribution in [3.63, 3.8) is 0 Å². The van der Waals surface area contributed by atoms with Crippen LogP contribution in [0.4, 0.5) is 0 Å². The Morgan fingerprint density at radius 3 is 2.09 bits per heavy atom. The molecule has 3 aromatic rings. The van der Waals surface area contributed by atoms with Crippen LogP contribution in [0.25, 0.3) is 28.0 Å². The molecule has 22 heavy (non-hydrogen) atoms. The quantitative estimate of drug-likeness (QED) is 0.506. The minimum Gasteiger partial charge on any atom is -0.0870 e. The minimum absolute atomic E-state index is 1.30. The van der Waals surface area contributed by atoms with Gasteiger partial charge in [-0.15, -0.1) is 0 Å². The summed E-state index contributed by atoms with van der Waals surface area (Å²) in [4.78, 5) is 0. The van der Waals surface area contributed by atoms with Gasteiger partial charge in [-0.2, -0.15) is 0 Å². The molecule has 0 bridgehead atoms. The zero-order chi connectivity index (χ0) is 15.7. The Hall–Kier alpha value is -2.34. The molecule has 3 aromatic carbocycles. The van der Waals surface area contributed by atoms with E-state index in [1.165, 1.54) is 44.2 Å². The van der Waals surface area contributed by atoms with E-state index in [0.717, 1.165) is 0 Å². The normalized spacial score (nSPS) is 11.5.